The minimum atomic E-state index is -0.274. The topological polar surface area (TPSA) is 46.8 Å². The molecule has 2 heterocycles. The zero-order valence-corrected chi connectivity index (χ0v) is 13.7. The van der Waals surface area contributed by atoms with E-state index in [9.17, 15) is 4.39 Å². The van der Waals surface area contributed by atoms with E-state index >= 15 is 0 Å². The Morgan fingerprint density at radius 1 is 1.27 bits per heavy atom. The molecule has 0 spiro atoms. The van der Waals surface area contributed by atoms with Crippen LogP contribution < -0.4 is 0 Å². The van der Waals surface area contributed by atoms with Gasteiger partial charge >= 0.3 is 0 Å². The third kappa shape index (κ3) is 2.91. The molecule has 116 valence electrons. The molecule has 0 radical (unpaired) electrons. The van der Waals surface area contributed by atoms with Gasteiger partial charge in [-0.15, -0.1) is 10.2 Å². The maximum absolute atomic E-state index is 13.4. The molecule has 7 heteroatoms. The van der Waals surface area contributed by atoms with Crippen LogP contribution in [-0.2, 0) is 7.05 Å². The second-order valence-electron chi connectivity index (χ2n) is 5.49. The highest BCUT2D eigenvalue weighted by molar-refractivity contribution is 7.99. The molecule has 22 heavy (non-hydrogen) atoms. The van der Waals surface area contributed by atoms with Gasteiger partial charge in [0, 0.05) is 18.2 Å². The molecule has 3 rings (SSSR count). The molecule has 0 saturated carbocycles. The minimum absolute atomic E-state index is 0.274. The van der Waals surface area contributed by atoms with Crippen molar-refractivity contribution in [1.29, 1.82) is 0 Å². The Kier molecular flexibility index (Phi) is 4.26. The monoisotopic (exact) mass is 319 g/mol. The van der Waals surface area contributed by atoms with Crippen molar-refractivity contribution in [3.8, 4) is 0 Å². The third-order valence-electron chi connectivity index (χ3n) is 3.52. The smallest absolute Gasteiger partial charge is 0.211 e. The first-order valence-corrected chi connectivity index (χ1v) is 8.10. The predicted molar refractivity (Wildman–Crippen MR) is 87.7 cm³/mol. The number of aromatic nitrogens is 4. The fourth-order valence-electron chi connectivity index (χ4n) is 2.42. The fraction of sp³-hybridized carbons (Fsp3) is 0.400. The molecule has 0 aliphatic carbocycles. The molecule has 0 unspecified atom stereocenters. The van der Waals surface area contributed by atoms with Gasteiger partial charge in [0.15, 0.2) is 5.65 Å². The van der Waals surface area contributed by atoms with Gasteiger partial charge in [-0.05, 0) is 45.3 Å². The van der Waals surface area contributed by atoms with E-state index in [0.29, 0.717) is 10.7 Å². The molecular formula is C15H18FN5S. The van der Waals surface area contributed by atoms with Crippen LogP contribution in [0.2, 0.25) is 0 Å². The van der Waals surface area contributed by atoms with Crippen LogP contribution in [0.3, 0.4) is 0 Å². The van der Waals surface area contributed by atoms with Crippen LogP contribution in [-0.4, -0.2) is 51.0 Å². The number of fused-ring (bicyclic) bond motifs is 3. The highest BCUT2D eigenvalue weighted by Gasteiger charge is 2.13. The summed E-state index contributed by atoms with van der Waals surface area (Å²) in [6, 6.07) is 4.68. The second-order valence-corrected chi connectivity index (χ2v) is 6.55. The minimum Gasteiger partial charge on any atom is -0.327 e. The Morgan fingerprint density at radius 3 is 2.86 bits per heavy atom. The molecule has 0 saturated heterocycles. The lowest BCUT2D eigenvalue weighted by Gasteiger charge is -2.07. The maximum atomic E-state index is 13.4. The molecule has 2 aromatic heterocycles. The van der Waals surface area contributed by atoms with Gasteiger partial charge < -0.3 is 9.47 Å². The summed E-state index contributed by atoms with van der Waals surface area (Å²) in [5.74, 6) is 0.674. The highest BCUT2D eigenvalue weighted by atomic mass is 32.2. The molecule has 0 aliphatic rings. The van der Waals surface area contributed by atoms with E-state index in [1.165, 1.54) is 12.1 Å². The largest absolute Gasteiger partial charge is 0.327 e. The quantitative estimate of drug-likeness (QED) is 0.534. The average molecular weight is 319 g/mol. The van der Waals surface area contributed by atoms with E-state index in [-0.39, 0.29) is 5.82 Å². The lowest BCUT2D eigenvalue weighted by atomic mass is 10.2. The van der Waals surface area contributed by atoms with Gasteiger partial charge in [-0.25, -0.2) is 9.37 Å². The number of nitrogens with zero attached hydrogens (tertiary/aromatic N) is 5. The van der Waals surface area contributed by atoms with Crippen LogP contribution in [0.25, 0.3) is 22.1 Å². The highest BCUT2D eigenvalue weighted by Crippen LogP contribution is 2.26. The van der Waals surface area contributed by atoms with Gasteiger partial charge in [0.25, 0.3) is 0 Å². The van der Waals surface area contributed by atoms with Crippen LogP contribution in [0.4, 0.5) is 4.39 Å². The van der Waals surface area contributed by atoms with Gasteiger partial charge in [0.2, 0.25) is 5.16 Å². The van der Waals surface area contributed by atoms with E-state index in [2.05, 4.69) is 34.2 Å². The van der Waals surface area contributed by atoms with Crippen LogP contribution in [0.15, 0.2) is 23.4 Å². The van der Waals surface area contributed by atoms with Gasteiger partial charge in [0.05, 0.1) is 5.52 Å². The molecule has 0 aliphatic heterocycles. The normalized spacial score (nSPS) is 11.9. The van der Waals surface area contributed by atoms with Crippen molar-refractivity contribution in [2.75, 3.05) is 26.4 Å². The lowest BCUT2D eigenvalue weighted by Crippen LogP contribution is -2.13. The first kappa shape index (κ1) is 15.2. The zero-order chi connectivity index (χ0) is 15.7. The number of benzene rings is 1. The van der Waals surface area contributed by atoms with Crippen LogP contribution in [0.5, 0.6) is 0 Å². The van der Waals surface area contributed by atoms with Gasteiger partial charge in [-0.3, -0.25) is 0 Å². The molecule has 0 amide bonds. The number of thioether (sulfide) groups is 1. The molecule has 0 fully saturated rings. The predicted octanol–water partition coefficient (Wildman–Crippen LogP) is 2.70. The summed E-state index contributed by atoms with van der Waals surface area (Å²) >= 11 is 1.60. The first-order chi connectivity index (χ1) is 10.6. The number of hydrogen-bond donors (Lipinski definition) is 0. The maximum Gasteiger partial charge on any atom is 0.211 e. The van der Waals surface area contributed by atoms with Crippen molar-refractivity contribution in [1.82, 2.24) is 24.6 Å². The summed E-state index contributed by atoms with van der Waals surface area (Å²) < 4.78 is 15.4. The Balaban J connectivity index is 1.90. The number of aryl methyl sites for hydroxylation is 1. The number of hydrogen-bond acceptors (Lipinski definition) is 5. The third-order valence-corrected chi connectivity index (χ3v) is 4.45. The summed E-state index contributed by atoms with van der Waals surface area (Å²) in [5.41, 5.74) is 2.30. The summed E-state index contributed by atoms with van der Waals surface area (Å²) in [5, 5.41) is 9.84. The Labute approximate surface area is 132 Å². The van der Waals surface area contributed by atoms with E-state index in [1.54, 1.807) is 17.8 Å². The van der Waals surface area contributed by atoms with Crippen LogP contribution in [0.1, 0.15) is 6.42 Å². The molecule has 5 nitrogen and oxygen atoms in total. The summed E-state index contributed by atoms with van der Waals surface area (Å²) in [4.78, 5) is 6.73. The molecular weight excluding hydrogens is 301 g/mol. The lowest BCUT2D eigenvalue weighted by molar-refractivity contribution is 0.410. The van der Waals surface area contributed by atoms with Gasteiger partial charge in [-0.1, -0.05) is 11.8 Å². The summed E-state index contributed by atoms with van der Waals surface area (Å²) in [6.45, 7) is 1.04. The Hall–Kier alpha value is -1.73. The van der Waals surface area contributed by atoms with Crippen molar-refractivity contribution in [2.24, 2.45) is 7.05 Å². The van der Waals surface area contributed by atoms with Crippen molar-refractivity contribution in [3.05, 3.63) is 24.0 Å². The van der Waals surface area contributed by atoms with Gasteiger partial charge in [-0.2, -0.15) is 0 Å². The molecule has 0 N–H and O–H groups in total. The number of rotatable bonds is 5. The van der Waals surface area contributed by atoms with Crippen LogP contribution in [0, 0.1) is 5.82 Å². The standard InChI is InChI=1S/C15H18FN5S/c1-20(2)7-4-8-22-15-17-14-13(18-19-15)11-9-10(16)5-6-12(11)21(14)3/h5-6,9H,4,7-8H2,1-3H3. The zero-order valence-electron chi connectivity index (χ0n) is 12.9. The van der Waals surface area contributed by atoms with E-state index < -0.39 is 0 Å². The van der Waals surface area contributed by atoms with Crippen molar-refractivity contribution in [2.45, 2.75) is 11.6 Å². The molecule has 0 bridgehead atoms. The second kappa shape index (κ2) is 6.18. The Morgan fingerprint density at radius 2 is 2.09 bits per heavy atom. The summed E-state index contributed by atoms with van der Waals surface area (Å²) in [7, 11) is 6.03. The van der Waals surface area contributed by atoms with Crippen molar-refractivity contribution >= 4 is 33.8 Å². The SMILES string of the molecule is CN(C)CCCSc1nnc2c3cc(F)ccc3n(C)c2n1. The summed E-state index contributed by atoms with van der Waals surface area (Å²) in [6.07, 6.45) is 1.07. The van der Waals surface area contributed by atoms with Crippen molar-refractivity contribution in [3.63, 3.8) is 0 Å². The van der Waals surface area contributed by atoms with E-state index in [1.807, 2.05) is 11.6 Å². The van der Waals surface area contributed by atoms with E-state index in [0.717, 1.165) is 35.3 Å². The fourth-order valence-corrected chi connectivity index (χ4v) is 3.13. The molecule has 1 aromatic carbocycles. The van der Waals surface area contributed by atoms with Gasteiger partial charge in [0.1, 0.15) is 11.3 Å². The first-order valence-electron chi connectivity index (χ1n) is 7.12. The molecule has 0 atom stereocenters. The molecule has 3 aromatic rings. The average Bonchev–Trinajstić information content (AvgIpc) is 2.76. The number of halogens is 1. The Bertz CT molecular complexity index is 814. The van der Waals surface area contributed by atoms with E-state index in [4.69, 9.17) is 0 Å². The van der Waals surface area contributed by atoms with Crippen LogP contribution >= 0.6 is 11.8 Å². The van der Waals surface area contributed by atoms with Crippen molar-refractivity contribution < 1.29 is 4.39 Å².